The van der Waals surface area contributed by atoms with Crippen LogP contribution in [0.2, 0.25) is 11.5 Å². The molecule has 0 aliphatic heterocycles. The molecule has 0 spiro atoms. The first-order valence-corrected chi connectivity index (χ1v) is 24.4. The van der Waals surface area contributed by atoms with E-state index in [-0.39, 0.29) is 0 Å². The van der Waals surface area contributed by atoms with E-state index in [9.17, 15) is 0 Å². The molecule has 0 saturated carbocycles. The Labute approximate surface area is 272 Å². The molecule has 0 heterocycles. The Morgan fingerprint density at radius 1 is 0.659 bits per heavy atom. The number of halogens is 2. The molecule has 41 heavy (non-hydrogen) atoms. The summed E-state index contributed by atoms with van der Waals surface area (Å²) in [6.07, 6.45) is 0. The van der Waals surface area contributed by atoms with Crippen molar-refractivity contribution in [2.45, 2.75) is 45.1 Å². The van der Waals surface area contributed by atoms with E-state index in [1.807, 2.05) is 0 Å². The molecule has 4 heteroatoms. The molecular weight excluding hydrogens is 679 g/mol. The van der Waals surface area contributed by atoms with Crippen LogP contribution in [-0.2, 0) is 20.8 Å². The molecule has 0 saturated heterocycles. The quantitative estimate of drug-likeness (QED) is 0.126. The van der Waals surface area contributed by atoms with Gasteiger partial charge in [0.25, 0.3) is 0 Å². The summed E-state index contributed by atoms with van der Waals surface area (Å²) in [5.74, 6) is 5.08. The fourth-order valence-corrected chi connectivity index (χ4v) is 4.92. The van der Waals surface area contributed by atoms with Crippen molar-refractivity contribution < 1.29 is 20.8 Å². The summed E-state index contributed by atoms with van der Waals surface area (Å²) in [7, 11) is 9.87. The molecule has 0 bridgehead atoms. The van der Waals surface area contributed by atoms with Gasteiger partial charge in [0, 0.05) is 0 Å². The Bertz CT molecular complexity index is 1610. The van der Waals surface area contributed by atoms with Crippen molar-refractivity contribution >= 4 is 54.0 Å². The van der Waals surface area contributed by atoms with Gasteiger partial charge in [-0.05, 0) is 17.0 Å². The summed E-state index contributed by atoms with van der Waals surface area (Å²) >= 11 is -0.326. The standard InChI is InChI=1S/C18H17.C17H15.C2H6Ge.2ClH.Zr/c1-13(2)16-11-15-9-6-10-17(18(15)12-16)14-7-4-3-5-8-14;1-12-10-16-13(2)8-9-15(17(16)11-12)14-6-4-3-5-7-14;1-3-2;;;/h3-13H,1-2H3;3-11H,1-2H3;1-2H3;2*1H;/q2*-1;;;;+4/p-2. The second-order valence-electron chi connectivity index (χ2n) is 10.3. The van der Waals surface area contributed by atoms with Crippen LogP contribution >= 0.6 is 17.0 Å². The first-order chi connectivity index (χ1) is 19.8. The van der Waals surface area contributed by atoms with Crippen LogP contribution < -0.4 is 0 Å². The van der Waals surface area contributed by atoms with Gasteiger partial charge in [0.2, 0.25) is 0 Å². The minimum absolute atomic E-state index is 0.500. The topological polar surface area (TPSA) is 0 Å². The zero-order valence-electron chi connectivity index (χ0n) is 24.8. The van der Waals surface area contributed by atoms with Gasteiger partial charge in [-0.3, -0.25) is 0 Å². The summed E-state index contributed by atoms with van der Waals surface area (Å²) in [6, 6.07) is 41.4. The van der Waals surface area contributed by atoms with Gasteiger partial charge in [-0.1, -0.05) is 112 Å². The zero-order valence-corrected chi connectivity index (χ0v) is 30.9. The number of hydrogen-bond acceptors (Lipinski definition) is 0. The van der Waals surface area contributed by atoms with Crippen LogP contribution in [0, 0.1) is 13.8 Å². The molecule has 2 radical (unpaired) electrons. The molecule has 0 amide bonds. The maximum absolute atomic E-state index is 4.93. The van der Waals surface area contributed by atoms with Crippen molar-refractivity contribution in [2.24, 2.45) is 0 Å². The number of benzene rings is 4. The van der Waals surface area contributed by atoms with Crippen LogP contribution in [0.1, 0.15) is 36.5 Å². The van der Waals surface area contributed by atoms with Gasteiger partial charge in [-0.15, -0.1) is 68.6 Å². The molecule has 0 N–H and O–H groups in total. The van der Waals surface area contributed by atoms with E-state index >= 15 is 0 Å². The molecule has 0 aromatic heterocycles. The molecule has 0 fully saturated rings. The van der Waals surface area contributed by atoms with Gasteiger partial charge >= 0.3 is 64.8 Å². The Morgan fingerprint density at radius 3 is 1.73 bits per heavy atom. The average Bonchev–Trinajstić information content (AvgIpc) is 3.60. The van der Waals surface area contributed by atoms with Crippen molar-refractivity contribution in [1.82, 2.24) is 0 Å². The van der Waals surface area contributed by atoms with E-state index in [4.69, 9.17) is 17.0 Å². The summed E-state index contributed by atoms with van der Waals surface area (Å²) in [6.45, 7) is 8.83. The first-order valence-electron chi connectivity index (χ1n) is 13.9. The second kappa shape index (κ2) is 17.3. The van der Waals surface area contributed by atoms with Gasteiger partial charge in [0.05, 0.1) is 0 Å². The molecule has 208 valence electrons. The van der Waals surface area contributed by atoms with Crippen LogP contribution in [0.25, 0.3) is 43.8 Å². The predicted octanol–water partition coefficient (Wildman–Crippen LogP) is 12.4. The van der Waals surface area contributed by atoms with E-state index in [1.165, 1.54) is 60.5 Å². The Hall–Kier alpha value is -1.89. The van der Waals surface area contributed by atoms with Crippen LogP contribution in [0.5, 0.6) is 0 Å². The van der Waals surface area contributed by atoms with E-state index in [1.54, 1.807) is 0 Å². The van der Waals surface area contributed by atoms with Gasteiger partial charge in [-0.2, -0.15) is 12.1 Å². The van der Waals surface area contributed by atoms with Crippen molar-refractivity contribution in [3.8, 4) is 22.3 Å². The third-order valence-corrected chi connectivity index (χ3v) is 6.86. The van der Waals surface area contributed by atoms with Gasteiger partial charge in [0.1, 0.15) is 0 Å². The predicted molar refractivity (Wildman–Crippen MR) is 183 cm³/mol. The van der Waals surface area contributed by atoms with Crippen molar-refractivity contribution in [1.29, 1.82) is 0 Å². The number of rotatable bonds is 3. The molecular formula is C37H38Cl2GeZr. The van der Waals surface area contributed by atoms with Gasteiger partial charge in [-0.25, -0.2) is 0 Å². The average molecular weight is 717 g/mol. The Kier molecular flexibility index (Phi) is 14.2. The Balaban J connectivity index is 0.000000190. The normalized spacial score (nSPS) is 10.2. The number of hydrogen-bond donors (Lipinski definition) is 0. The fraction of sp³-hybridized carbons (Fsp3) is 0.189. The first kappa shape index (κ1) is 33.6. The minimum atomic E-state index is -0.826. The third-order valence-electron chi connectivity index (χ3n) is 6.86. The summed E-state index contributed by atoms with van der Waals surface area (Å²) < 4.78 is 0. The molecule has 6 rings (SSSR count). The molecule has 0 nitrogen and oxygen atoms in total. The van der Waals surface area contributed by atoms with E-state index in [2.05, 4.69) is 154 Å². The van der Waals surface area contributed by atoms with Crippen LogP contribution in [0.3, 0.4) is 0 Å². The molecule has 0 unspecified atom stereocenters. The van der Waals surface area contributed by atoms with Gasteiger partial charge in [0.15, 0.2) is 0 Å². The summed E-state index contributed by atoms with van der Waals surface area (Å²) in [5.41, 5.74) is 9.37. The molecule has 0 atom stereocenters. The van der Waals surface area contributed by atoms with Gasteiger partial charge < -0.3 is 0 Å². The van der Waals surface area contributed by atoms with E-state index in [0.29, 0.717) is 21.3 Å². The van der Waals surface area contributed by atoms with Crippen molar-refractivity contribution in [2.75, 3.05) is 0 Å². The fourth-order valence-electron chi connectivity index (χ4n) is 4.92. The molecule has 0 aliphatic carbocycles. The Morgan fingerprint density at radius 2 is 1.20 bits per heavy atom. The number of aryl methyl sites for hydroxylation is 2. The maximum atomic E-state index is 4.93. The molecule has 0 aliphatic rings. The molecule has 6 aromatic rings. The monoisotopic (exact) mass is 716 g/mol. The second-order valence-corrected chi connectivity index (χ2v) is 16.2. The SMILES string of the molecule is CC(C)c1cc2c(-c3ccccc3)cccc2[cH-]1.Cc1cc2c(-c3ccccc3)ccc(C)c2[cH-]1.[CH3][Ge][CH3].[Cl][Zr+2][Cl]. The van der Waals surface area contributed by atoms with Crippen LogP contribution in [0.15, 0.2) is 115 Å². The van der Waals surface area contributed by atoms with Crippen molar-refractivity contribution in [3.05, 3.63) is 132 Å². The summed E-state index contributed by atoms with van der Waals surface area (Å²) in [5, 5.41) is 5.46. The van der Waals surface area contributed by atoms with E-state index < -0.39 is 20.8 Å². The summed E-state index contributed by atoms with van der Waals surface area (Å²) in [4.78, 5) is 0. The van der Waals surface area contributed by atoms with Crippen LogP contribution in [0.4, 0.5) is 0 Å². The van der Waals surface area contributed by atoms with Crippen LogP contribution in [-0.4, -0.2) is 15.4 Å². The molecule has 6 aromatic carbocycles. The van der Waals surface area contributed by atoms with E-state index in [0.717, 1.165) is 0 Å². The zero-order chi connectivity index (χ0) is 29.8. The number of fused-ring (bicyclic) bond motifs is 2. The van der Waals surface area contributed by atoms with Crippen molar-refractivity contribution in [3.63, 3.8) is 0 Å². The third kappa shape index (κ3) is 9.29.